The molecule has 1 rings (SSSR count). The highest BCUT2D eigenvalue weighted by molar-refractivity contribution is 5.66. The third-order valence-electron chi connectivity index (χ3n) is 3.05. The molecule has 0 radical (unpaired) electrons. The van der Waals surface area contributed by atoms with Crippen LogP contribution in [0.25, 0.3) is 0 Å². The van der Waals surface area contributed by atoms with E-state index in [1.54, 1.807) is 0 Å². The summed E-state index contributed by atoms with van der Waals surface area (Å²) in [4.78, 5) is 10.2. The van der Waals surface area contributed by atoms with Gasteiger partial charge < -0.3 is 10.4 Å². The Balaban J connectivity index is 2.07. The van der Waals surface area contributed by atoms with Crippen LogP contribution in [0, 0.1) is 0 Å². The molecule has 0 atom stereocenters. The highest BCUT2D eigenvalue weighted by Crippen LogP contribution is 2.34. The minimum absolute atomic E-state index is 0.285. The van der Waals surface area contributed by atoms with Gasteiger partial charge in [-0.25, -0.2) is 0 Å². The Hall–Kier alpha value is -0.570. The lowest BCUT2D eigenvalue weighted by Gasteiger charge is -2.42. The first-order valence-corrected chi connectivity index (χ1v) is 5.15. The molecular weight excluding hydrogens is 166 g/mol. The zero-order valence-corrected chi connectivity index (χ0v) is 8.31. The summed E-state index contributed by atoms with van der Waals surface area (Å²) in [5, 5.41) is 11.9. The van der Waals surface area contributed by atoms with Crippen LogP contribution < -0.4 is 5.32 Å². The molecule has 1 saturated carbocycles. The number of carbonyl (C=O) groups is 1. The van der Waals surface area contributed by atoms with Gasteiger partial charge in [-0.15, -0.1) is 0 Å². The van der Waals surface area contributed by atoms with Gasteiger partial charge in [0.15, 0.2) is 0 Å². The van der Waals surface area contributed by atoms with Crippen LogP contribution in [0.2, 0.25) is 0 Å². The first kappa shape index (κ1) is 10.5. The molecule has 0 aliphatic heterocycles. The summed E-state index contributed by atoms with van der Waals surface area (Å²) in [6.45, 7) is 3.05. The molecule has 1 fully saturated rings. The van der Waals surface area contributed by atoms with Gasteiger partial charge in [0.05, 0.1) is 0 Å². The Morgan fingerprint density at radius 2 is 2.23 bits per heavy atom. The van der Waals surface area contributed by atoms with E-state index in [9.17, 15) is 4.79 Å². The zero-order valence-electron chi connectivity index (χ0n) is 8.31. The van der Waals surface area contributed by atoms with Gasteiger partial charge in [0.1, 0.15) is 0 Å². The van der Waals surface area contributed by atoms with Gasteiger partial charge in [-0.2, -0.15) is 0 Å². The fourth-order valence-electron chi connectivity index (χ4n) is 1.85. The standard InChI is InChI=1S/C10H19NO2/c1-2-10(6-4-7-10)11-8-3-5-9(12)13/h11H,2-8H2,1H3,(H,12,13). The fraction of sp³-hybridized carbons (Fsp3) is 0.900. The molecule has 1 aliphatic carbocycles. The number of carboxylic acids is 1. The number of carboxylic acid groups (broad SMARTS) is 1. The summed E-state index contributed by atoms with van der Waals surface area (Å²) < 4.78 is 0. The summed E-state index contributed by atoms with van der Waals surface area (Å²) in [6, 6.07) is 0. The minimum atomic E-state index is -0.694. The van der Waals surface area contributed by atoms with E-state index in [1.165, 1.54) is 25.7 Å². The van der Waals surface area contributed by atoms with Crippen molar-refractivity contribution in [1.82, 2.24) is 5.32 Å². The Labute approximate surface area is 79.5 Å². The van der Waals surface area contributed by atoms with E-state index in [0.717, 1.165) is 13.0 Å². The molecule has 2 N–H and O–H groups in total. The molecule has 0 unspecified atom stereocenters. The molecule has 0 saturated heterocycles. The summed E-state index contributed by atoms with van der Waals surface area (Å²) in [5.74, 6) is -0.694. The van der Waals surface area contributed by atoms with Gasteiger partial charge in [0.2, 0.25) is 0 Å². The average molecular weight is 185 g/mol. The second-order valence-electron chi connectivity index (χ2n) is 3.91. The van der Waals surface area contributed by atoms with Gasteiger partial charge >= 0.3 is 5.97 Å². The van der Waals surface area contributed by atoms with Crippen LogP contribution in [0.3, 0.4) is 0 Å². The van der Waals surface area contributed by atoms with Crippen LogP contribution in [-0.4, -0.2) is 23.2 Å². The van der Waals surface area contributed by atoms with Gasteiger partial charge in [-0.3, -0.25) is 4.79 Å². The summed E-state index contributed by atoms with van der Waals surface area (Å²) in [5.41, 5.74) is 0.360. The molecular formula is C10H19NO2. The van der Waals surface area contributed by atoms with Crippen molar-refractivity contribution in [3.05, 3.63) is 0 Å². The van der Waals surface area contributed by atoms with Crippen molar-refractivity contribution in [2.75, 3.05) is 6.54 Å². The third-order valence-corrected chi connectivity index (χ3v) is 3.05. The Bertz CT molecular complexity index is 170. The SMILES string of the molecule is CCC1(NCCCC(=O)O)CCC1. The largest absolute Gasteiger partial charge is 0.481 e. The maximum absolute atomic E-state index is 10.2. The van der Waals surface area contributed by atoms with Crippen LogP contribution in [0.4, 0.5) is 0 Å². The number of hydrogen-bond acceptors (Lipinski definition) is 2. The normalized spacial score (nSPS) is 19.5. The maximum atomic E-state index is 10.2. The molecule has 3 heteroatoms. The molecule has 76 valence electrons. The second-order valence-corrected chi connectivity index (χ2v) is 3.91. The average Bonchev–Trinajstić information content (AvgIpc) is 2.01. The van der Waals surface area contributed by atoms with Gasteiger partial charge in [0.25, 0.3) is 0 Å². The molecule has 0 bridgehead atoms. The fourth-order valence-corrected chi connectivity index (χ4v) is 1.85. The number of nitrogens with one attached hydrogen (secondary N) is 1. The molecule has 0 aromatic carbocycles. The van der Waals surface area contributed by atoms with Gasteiger partial charge in [0, 0.05) is 12.0 Å². The number of aliphatic carboxylic acids is 1. The predicted molar refractivity (Wildman–Crippen MR) is 51.7 cm³/mol. The summed E-state index contributed by atoms with van der Waals surface area (Å²) >= 11 is 0. The smallest absolute Gasteiger partial charge is 0.303 e. The van der Waals surface area contributed by atoms with E-state index in [1.807, 2.05) is 0 Å². The molecule has 0 amide bonds. The second kappa shape index (κ2) is 4.61. The van der Waals surface area contributed by atoms with Crippen LogP contribution >= 0.6 is 0 Å². The van der Waals surface area contributed by atoms with E-state index in [2.05, 4.69) is 12.2 Å². The number of hydrogen-bond donors (Lipinski definition) is 2. The van der Waals surface area contributed by atoms with Crippen molar-refractivity contribution in [3.63, 3.8) is 0 Å². The lowest BCUT2D eigenvalue weighted by atomic mass is 9.75. The Kier molecular flexibility index (Phi) is 3.72. The third kappa shape index (κ3) is 2.99. The quantitative estimate of drug-likeness (QED) is 0.620. The van der Waals surface area contributed by atoms with Crippen molar-refractivity contribution in [1.29, 1.82) is 0 Å². The Morgan fingerprint density at radius 3 is 2.62 bits per heavy atom. The summed E-state index contributed by atoms with van der Waals surface area (Å²) in [6.07, 6.45) is 6.04. The highest BCUT2D eigenvalue weighted by atomic mass is 16.4. The van der Waals surface area contributed by atoms with E-state index < -0.39 is 5.97 Å². The lowest BCUT2D eigenvalue weighted by molar-refractivity contribution is -0.137. The molecule has 3 nitrogen and oxygen atoms in total. The molecule has 1 aliphatic rings. The Morgan fingerprint density at radius 1 is 1.54 bits per heavy atom. The van der Waals surface area contributed by atoms with Crippen molar-refractivity contribution in [2.24, 2.45) is 0 Å². The minimum Gasteiger partial charge on any atom is -0.481 e. The van der Waals surface area contributed by atoms with Crippen LogP contribution in [0.5, 0.6) is 0 Å². The monoisotopic (exact) mass is 185 g/mol. The van der Waals surface area contributed by atoms with Crippen LogP contribution in [0.15, 0.2) is 0 Å². The first-order valence-electron chi connectivity index (χ1n) is 5.15. The van der Waals surface area contributed by atoms with E-state index in [0.29, 0.717) is 5.54 Å². The molecule has 0 spiro atoms. The molecule has 0 aromatic heterocycles. The topological polar surface area (TPSA) is 49.3 Å². The lowest BCUT2D eigenvalue weighted by Crippen LogP contribution is -2.50. The molecule has 13 heavy (non-hydrogen) atoms. The number of rotatable bonds is 6. The van der Waals surface area contributed by atoms with Crippen LogP contribution in [-0.2, 0) is 4.79 Å². The van der Waals surface area contributed by atoms with Crippen molar-refractivity contribution in [3.8, 4) is 0 Å². The molecule has 0 heterocycles. The van der Waals surface area contributed by atoms with Crippen molar-refractivity contribution in [2.45, 2.75) is 51.0 Å². The van der Waals surface area contributed by atoms with E-state index >= 15 is 0 Å². The van der Waals surface area contributed by atoms with E-state index in [-0.39, 0.29) is 6.42 Å². The van der Waals surface area contributed by atoms with Gasteiger partial charge in [-0.1, -0.05) is 6.92 Å². The zero-order chi connectivity index (χ0) is 9.73. The summed E-state index contributed by atoms with van der Waals surface area (Å²) in [7, 11) is 0. The van der Waals surface area contributed by atoms with Gasteiger partial charge in [-0.05, 0) is 38.6 Å². The molecule has 0 aromatic rings. The predicted octanol–water partition coefficient (Wildman–Crippen LogP) is 1.77. The first-order chi connectivity index (χ1) is 6.18. The highest BCUT2D eigenvalue weighted by Gasteiger charge is 2.33. The van der Waals surface area contributed by atoms with Crippen molar-refractivity contribution >= 4 is 5.97 Å². The van der Waals surface area contributed by atoms with Crippen LogP contribution in [0.1, 0.15) is 45.4 Å². The van der Waals surface area contributed by atoms with E-state index in [4.69, 9.17) is 5.11 Å². The maximum Gasteiger partial charge on any atom is 0.303 e. The van der Waals surface area contributed by atoms with Crippen molar-refractivity contribution < 1.29 is 9.90 Å².